The number of alkyl halides is 2. The van der Waals surface area contributed by atoms with Gasteiger partial charge in [0.1, 0.15) is 0 Å². The molecule has 2 saturated carbocycles. The Labute approximate surface area is 191 Å². The van der Waals surface area contributed by atoms with Crippen LogP contribution >= 0.6 is 0 Å². The standard InChI is InChI=1S/C27H40F4O/c1-2-3-4-5-6-19-7-12-21(13-8-19)22-14-9-20(10-15-22)11-16-23-17-18-24(32-27(30)31)26(29)25(23)28/h17-22,27H,2-16H2,1H3. The number of unbranched alkanes of at least 4 members (excludes halogenated alkanes) is 3. The first-order valence-corrected chi connectivity index (χ1v) is 12.9. The Morgan fingerprint density at radius 3 is 1.94 bits per heavy atom. The van der Waals surface area contributed by atoms with Crippen LogP contribution in [0.15, 0.2) is 12.1 Å². The first-order chi connectivity index (χ1) is 15.5. The van der Waals surface area contributed by atoms with Crippen molar-refractivity contribution < 1.29 is 22.3 Å². The number of aryl methyl sites for hydroxylation is 1. The third-order valence-electron chi connectivity index (χ3n) is 8.08. The molecule has 0 aliphatic heterocycles. The minimum absolute atomic E-state index is 0.253. The largest absolute Gasteiger partial charge is 0.432 e. The van der Waals surface area contributed by atoms with Gasteiger partial charge in [-0.25, -0.2) is 4.39 Å². The second-order valence-electron chi connectivity index (χ2n) is 10.2. The van der Waals surface area contributed by atoms with E-state index in [0.717, 1.165) is 43.1 Å². The van der Waals surface area contributed by atoms with Crippen molar-refractivity contribution in [2.45, 2.75) is 110 Å². The zero-order valence-electron chi connectivity index (χ0n) is 19.6. The molecule has 182 valence electrons. The minimum atomic E-state index is -3.16. The van der Waals surface area contributed by atoms with Gasteiger partial charge in [0.25, 0.3) is 0 Å². The lowest BCUT2D eigenvalue weighted by Crippen LogP contribution is -2.26. The smallest absolute Gasteiger partial charge is 0.387 e. The molecule has 0 heterocycles. The number of benzene rings is 1. The fourth-order valence-electron chi connectivity index (χ4n) is 6.07. The average molecular weight is 457 g/mol. The van der Waals surface area contributed by atoms with Crippen molar-refractivity contribution in [1.82, 2.24) is 0 Å². The number of hydrogen-bond acceptors (Lipinski definition) is 1. The number of ether oxygens (including phenoxy) is 1. The summed E-state index contributed by atoms with van der Waals surface area (Å²) in [6, 6.07) is 2.49. The predicted octanol–water partition coefficient (Wildman–Crippen LogP) is 9.08. The van der Waals surface area contributed by atoms with E-state index in [4.69, 9.17) is 0 Å². The molecule has 0 bridgehead atoms. The molecular weight excluding hydrogens is 416 g/mol. The molecule has 1 aromatic rings. The van der Waals surface area contributed by atoms with Gasteiger partial charge in [0, 0.05) is 0 Å². The maximum Gasteiger partial charge on any atom is 0.387 e. The number of hydrogen-bond donors (Lipinski definition) is 0. The lowest BCUT2D eigenvalue weighted by molar-refractivity contribution is -0.0525. The van der Waals surface area contributed by atoms with Crippen LogP contribution in [0.2, 0.25) is 0 Å². The second-order valence-corrected chi connectivity index (χ2v) is 10.2. The van der Waals surface area contributed by atoms with Crippen molar-refractivity contribution in [3.63, 3.8) is 0 Å². The van der Waals surface area contributed by atoms with Crippen molar-refractivity contribution >= 4 is 0 Å². The molecule has 0 amide bonds. The van der Waals surface area contributed by atoms with E-state index in [1.54, 1.807) is 0 Å². The SMILES string of the molecule is CCCCCCC1CCC(C2CCC(CCc3ccc(OC(F)F)c(F)c3F)CC2)CC1. The average Bonchev–Trinajstić information content (AvgIpc) is 2.80. The molecule has 3 rings (SSSR count). The Balaban J connectivity index is 1.36. The van der Waals surface area contributed by atoms with E-state index in [2.05, 4.69) is 11.7 Å². The summed E-state index contributed by atoms with van der Waals surface area (Å²) < 4.78 is 56.7. The van der Waals surface area contributed by atoms with Crippen LogP contribution in [-0.2, 0) is 6.42 Å². The highest BCUT2D eigenvalue weighted by Crippen LogP contribution is 2.43. The van der Waals surface area contributed by atoms with Crippen molar-refractivity contribution in [1.29, 1.82) is 0 Å². The first-order valence-electron chi connectivity index (χ1n) is 12.9. The summed E-state index contributed by atoms with van der Waals surface area (Å²) in [4.78, 5) is 0. The topological polar surface area (TPSA) is 9.23 Å². The molecule has 2 aliphatic rings. The van der Waals surface area contributed by atoms with Gasteiger partial charge in [-0.2, -0.15) is 13.2 Å². The third kappa shape index (κ3) is 7.38. The van der Waals surface area contributed by atoms with Crippen LogP contribution in [0.5, 0.6) is 5.75 Å². The van der Waals surface area contributed by atoms with Gasteiger partial charge in [0.2, 0.25) is 5.82 Å². The van der Waals surface area contributed by atoms with Crippen LogP contribution in [0.3, 0.4) is 0 Å². The van der Waals surface area contributed by atoms with Gasteiger partial charge in [-0.05, 0) is 73.8 Å². The molecular formula is C27H40F4O. The molecule has 0 N–H and O–H groups in total. The van der Waals surface area contributed by atoms with E-state index < -0.39 is 24.0 Å². The maximum absolute atomic E-state index is 14.2. The Morgan fingerprint density at radius 2 is 1.38 bits per heavy atom. The zero-order chi connectivity index (χ0) is 22.9. The Hall–Kier alpha value is -1.26. The van der Waals surface area contributed by atoms with Gasteiger partial charge in [-0.3, -0.25) is 0 Å². The van der Waals surface area contributed by atoms with Gasteiger partial charge in [-0.1, -0.05) is 70.8 Å². The Kier molecular flexibility index (Phi) is 10.2. The summed E-state index contributed by atoms with van der Waals surface area (Å²) >= 11 is 0. The predicted molar refractivity (Wildman–Crippen MR) is 121 cm³/mol. The fraction of sp³-hybridized carbons (Fsp3) is 0.778. The maximum atomic E-state index is 14.2. The molecule has 1 aromatic carbocycles. The summed E-state index contributed by atoms with van der Waals surface area (Å²) in [5.41, 5.74) is 0.253. The monoisotopic (exact) mass is 456 g/mol. The molecule has 2 fully saturated rings. The summed E-state index contributed by atoms with van der Waals surface area (Å²) in [6.45, 7) is -0.894. The molecule has 0 atom stereocenters. The molecule has 32 heavy (non-hydrogen) atoms. The molecule has 0 unspecified atom stereocenters. The van der Waals surface area contributed by atoms with Crippen LogP contribution < -0.4 is 4.74 Å². The van der Waals surface area contributed by atoms with Gasteiger partial charge in [-0.15, -0.1) is 0 Å². The van der Waals surface area contributed by atoms with E-state index in [1.165, 1.54) is 76.7 Å². The van der Waals surface area contributed by atoms with Gasteiger partial charge in [0.15, 0.2) is 11.6 Å². The van der Waals surface area contributed by atoms with Gasteiger partial charge >= 0.3 is 6.61 Å². The third-order valence-corrected chi connectivity index (χ3v) is 8.08. The summed E-state index contributed by atoms with van der Waals surface area (Å²) in [5, 5.41) is 0. The Bertz CT molecular complexity index is 676. The van der Waals surface area contributed by atoms with E-state index in [1.807, 2.05) is 0 Å². The molecule has 2 aliphatic carbocycles. The van der Waals surface area contributed by atoms with E-state index in [9.17, 15) is 17.6 Å². The molecule has 0 saturated heterocycles. The minimum Gasteiger partial charge on any atom is -0.432 e. The van der Waals surface area contributed by atoms with Crippen molar-refractivity contribution in [2.75, 3.05) is 0 Å². The quantitative estimate of drug-likeness (QED) is 0.238. The highest BCUT2D eigenvalue weighted by atomic mass is 19.3. The first kappa shape index (κ1) is 25.4. The summed E-state index contributed by atoms with van der Waals surface area (Å²) in [5.74, 6) is 0.130. The van der Waals surface area contributed by atoms with E-state index in [-0.39, 0.29) is 5.56 Å². The van der Waals surface area contributed by atoms with Crippen LogP contribution in [-0.4, -0.2) is 6.61 Å². The molecule has 0 radical (unpaired) electrons. The lowest BCUT2D eigenvalue weighted by atomic mass is 9.68. The molecule has 0 aromatic heterocycles. The van der Waals surface area contributed by atoms with Crippen LogP contribution in [0.25, 0.3) is 0 Å². The molecule has 0 spiro atoms. The number of halogens is 4. The normalized spacial score (nSPS) is 26.4. The summed E-state index contributed by atoms with van der Waals surface area (Å²) in [7, 11) is 0. The van der Waals surface area contributed by atoms with Crippen LogP contribution in [0.4, 0.5) is 17.6 Å². The highest BCUT2D eigenvalue weighted by Gasteiger charge is 2.30. The second kappa shape index (κ2) is 12.8. The van der Waals surface area contributed by atoms with Crippen molar-refractivity contribution in [2.24, 2.45) is 23.7 Å². The lowest BCUT2D eigenvalue weighted by Gasteiger charge is -2.38. The Morgan fingerprint density at radius 1 is 0.781 bits per heavy atom. The highest BCUT2D eigenvalue weighted by molar-refractivity contribution is 5.31. The summed E-state index contributed by atoms with van der Waals surface area (Å²) in [6.07, 6.45) is 18.6. The van der Waals surface area contributed by atoms with Crippen LogP contribution in [0, 0.1) is 35.3 Å². The van der Waals surface area contributed by atoms with Crippen molar-refractivity contribution in [3.05, 3.63) is 29.3 Å². The van der Waals surface area contributed by atoms with E-state index >= 15 is 0 Å². The van der Waals surface area contributed by atoms with Crippen LogP contribution in [0.1, 0.15) is 102 Å². The number of rotatable bonds is 11. The van der Waals surface area contributed by atoms with Gasteiger partial charge in [0.05, 0.1) is 0 Å². The van der Waals surface area contributed by atoms with E-state index in [0.29, 0.717) is 12.3 Å². The van der Waals surface area contributed by atoms with Gasteiger partial charge < -0.3 is 4.74 Å². The zero-order valence-corrected chi connectivity index (χ0v) is 19.6. The molecule has 5 heteroatoms. The molecule has 1 nitrogen and oxygen atoms in total. The van der Waals surface area contributed by atoms with Crippen molar-refractivity contribution in [3.8, 4) is 5.75 Å². The fourth-order valence-corrected chi connectivity index (χ4v) is 6.07.